The Morgan fingerprint density at radius 3 is 2.53 bits per heavy atom. The maximum atomic E-state index is 13.0. The van der Waals surface area contributed by atoms with Gasteiger partial charge in [-0.1, -0.05) is 26.8 Å². The molecule has 2 aliphatic heterocycles. The van der Waals surface area contributed by atoms with Crippen LogP contribution in [0.4, 0.5) is 5.69 Å². The molecule has 0 saturated carbocycles. The fraction of sp³-hybridized carbons (Fsp3) is 0.625. The normalized spacial score (nSPS) is 22.1. The zero-order chi connectivity index (χ0) is 21.8. The van der Waals surface area contributed by atoms with Gasteiger partial charge in [0.05, 0.1) is 11.7 Å². The molecule has 3 atom stereocenters. The Morgan fingerprint density at radius 2 is 1.93 bits per heavy atom. The summed E-state index contributed by atoms with van der Waals surface area (Å²) in [4.78, 5) is 15.4. The predicted octanol–water partition coefficient (Wildman–Crippen LogP) is 2.90. The van der Waals surface area contributed by atoms with Gasteiger partial charge in [-0.25, -0.2) is 0 Å². The SMILES string of the molecule is CCc1ccc2c(c1)C=C(C(=O)NC(C)N)C(N1CCC(N[C@H](C)C(C)C)CC1)N2. The molecule has 6 nitrogen and oxygen atoms in total. The number of likely N-dealkylation sites (tertiary alicyclic amines) is 1. The van der Waals surface area contributed by atoms with Crippen molar-refractivity contribution in [2.24, 2.45) is 11.7 Å². The number of hydrogen-bond acceptors (Lipinski definition) is 5. The second-order valence-corrected chi connectivity index (χ2v) is 9.19. The first-order chi connectivity index (χ1) is 14.3. The molecule has 0 spiro atoms. The zero-order valence-corrected chi connectivity index (χ0v) is 19.2. The summed E-state index contributed by atoms with van der Waals surface area (Å²) in [5.41, 5.74) is 10.0. The largest absolute Gasteiger partial charge is 0.365 e. The second kappa shape index (κ2) is 9.94. The number of aryl methyl sites for hydroxylation is 1. The van der Waals surface area contributed by atoms with Gasteiger partial charge in [0.15, 0.2) is 0 Å². The topological polar surface area (TPSA) is 82.4 Å². The zero-order valence-electron chi connectivity index (χ0n) is 19.2. The molecular formula is C24H39N5O. The van der Waals surface area contributed by atoms with E-state index in [4.69, 9.17) is 5.73 Å². The number of carbonyl (C=O) groups excluding carboxylic acids is 1. The van der Waals surface area contributed by atoms with E-state index < -0.39 is 0 Å². The number of hydrogen-bond donors (Lipinski definition) is 4. The summed E-state index contributed by atoms with van der Waals surface area (Å²) in [6.45, 7) is 12.6. The van der Waals surface area contributed by atoms with Crippen LogP contribution in [0, 0.1) is 5.92 Å². The number of nitrogens with one attached hydrogen (secondary N) is 3. The molecule has 2 aliphatic rings. The van der Waals surface area contributed by atoms with Crippen molar-refractivity contribution in [1.82, 2.24) is 15.5 Å². The van der Waals surface area contributed by atoms with E-state index in [-0.39, 0.29) is 18.2 Å². The van der Waals surface area contributed by atoms with Crippen molar-refractivity contribution in [3.8, 4) is 0 Å². The van der Waals surface area contributed by atoms with Gasteiger partial charge in [-0.05, 0) is 68.4 Å². The molecule has 0 aromatic heterocycles. The van der Waals surface area contributed by atoms with E-state index in [9.17, 15) is 4.79 Å². The summed E-state index contributed by atoms with van der Waals surface area (Å²) < 4.78 is 0. The van der Waals surface area contributed by atoms with Gasteiger partial charge < -0.3 is 21.7 Å². The van der Waals surface area contributed by atoms with Crippen LogP contribution in [0.25, 0.3) is 6.08 Å². The van der Waals surface area contributed by atoms with Crippen LogP contribution in [0.1, 0.15) is 58.6 Å². The minimum absolute atomic E-state index is 0.0938. The standard InChI is InChI=1S/C24H39N5O/c1-6-18-7-8-22-19(13-18)14-21(24(30)27-17(5)25)23(28-22)29-11-9-20(10-12-29)26-16(4)15(2)3/h7-8,13-17,20,23,26,28H,6,9-12,25H2,1-5H3,(H,27,30)/t16-,17?,23?/m1/s1. The van der Waals surface area contributed by atoms with Gasteiger partial charge in [0, 0.05) is 30.9 Å². The molecule has 3 rings (SSSR count). The van der Waals surface area contributed by atoms with E-state index >= 15 is 0 Å². The molecule has 1 saturated heterocycles. The third kappa shape index (κ3) is 5.42. The van der Waals surface area contributed by atoms with Gasteiger partial charge in [0.25, 0.3) is 5.91 Å². The lowest BCUT2D eigenvalue weighted by Gasteiger charge is -2.41. The monoisotopic (exact) mass is 413 g/mol. The van der Waals surface area contributed by atoms with E-state index in [1.165, 1.54) is 5.56 Å². The maximum absolute atomic E-state index is 13.0. The molecule has 1 aromatic rings. The summed E-state index contributed by atoms with van der Waals surface area (Å²) in [6.07, 6.45) is 4.67. The van der Waals surface area contributed by atoms with Crippen LogP contribution in [0.2, 0.25) is 0 Å². The average Bonchev–Trinajstić information content (AvgIpc) is 2.72. The Kier molecular flexibility index (Phi) is 7.55. The lowest BCUT2D eigenvalue weighted by atomic mass is 9.95. The van der Waals surface area contributed by atoms with Crippen molar-refractivity contribution < 1.29 is 4.79 Å². The molecule has 0 radical (unpaired) electrons. The van der Waals surface area contributed by atoms with Gasteiger partial charge >= 0.3 is 0 Å². The fourth-order valence-corrected chi connectivity index (χ4v) is 4.21. The van der Waals surface area contributed by atoms with Crippen molar-refractivity contribution in [2.45, 2.75) is 78.3 Å². The van der Waals surface area contributed by atoms with Crippen LogP contribution in [0.3, 0.4) is 0 Å². The Bertz CT molecular complexity index is 765. The van der Waals surface area contributed by atoms with E-state index in [0.717, 1.165) is 49.2 Å². The minimum Gasteiger partial charge on any atom is -0.365 e. The molecule has 0 bridgehead atoms. The number of rotatable bonds is 7. The average molecular weight is 414 g/mol. The summed E-state index contributed by atoms with van der Waals surface area (Å²) in [6, 6.07) is 7.51. The number of piperidine rings is 1. The Hall–Kier alpha value is -1.89. The van der Waals surface area contributed by atoms with E-state index in [0.29, 0.717) is 18.0 Å². The Balaban J connectivity index is 1.77. The lowest BCUT2D eigenvalue weighted by Crippen LogP contribution is -2.54. The smallest absolute Gasteiger partial charge is 0.251 e. The van der Waals surface area contributed by atoms with Crippen molar-refractivity contribution in [3.63, 3.8) is 0 Å². The van der Waals surface area contributed by atoms with Crippen LogP contribution >= 0.6 is 0 Å². The highest BCUT2D eigenvalue weighted by atomic mass is 16.2. The van der Waals surface area contributed by atoms with E-state index in [2.05, 4.69) is 66.7 Å². The predicted molar refractivity (Wildman–Crippen MR) is 125 cm³/mol. The first-order valence-corrected chi connectivity index (χ1v) is 11.5. The molecule has 6 heteroatoms. The molecule has 2 unspecified atom stereocenters. The van der Waals surface area contributed by atoms with Crippen molar-refractivity contribution >= 4 is 17.7 Å². The van der Waals surface area contributed by atoms with Crippen LogP contribution in [-0.4, -0.2) is 48.3 Å². The van der Waals surface area contributed by atoms with Crippen LogP contribution in [-0.2, 0) is 11.2 Å². The molecule has 1 aromatic carbocycles. The highest BCUT2D eigenvalue weighted by Gasteiger charge is 2.33. The molecule has 0 aliphatic carbocycles. The number of carbonyl (C=O) groups is 1. The Labute approximate surface area is 181 Å². The molecule has 5 N–H and O–H groups in total. The summed E-state index contributed by atoms with van der Waals surface area (Å²) in [5, 5.41) is 10.3. The first-order valence-electron chi connectivity index (χ1n) is 11.5. The Morgan fingerprint density at radius 1 is 1.23 bits per heavy atom. The summed E-state index contributed by atoms with van der Waals surface area (Å²) in [7, 11) is 0. The van der Waals surface area contributed by atoms with Crippen LogP contribution in [0.5, 0.6) is 0 Å². The van der Waals surface area contributed by atoms with Crippen molar-refractivity contribution in [2.75, 3.05) is 18.4 Å². The summed E-state index contributed by atoms with van der Waals surface area (Å²) >= 11 is 0. The van der Waals surface area contributed by atoms with Gasteiger partial charge in [0.1, 0.15) is 6.17 Å². The third-order valence-electron chi connectivity index (χ3n) is 6.44. The fourth-order valence-electron chi connectivity index (χ4n) is 4.21. The van der Waals surface area contributed by atoms with Crippen molar-refractivity contribution in [1.29, 1.82) is 0 Å². The number of nitrogens with zero attached hydrogens (tertiary/aromatic N) is 1. The van der Waals surface area contributed by atoms with Crippen LogP contribution in [0.15, 0.2) is 23.8 Å². The molecule has 1 amide bonds. The third-order valence-corrected chi connectivity index (χ3v) is 6.44. The summed E-state index contributed by atoms with van der Waals surface area (Å²) in [5.74, 6) is 0.535. The first kappa shape index (κ1) is 22.8. The highest BCUT2D eigenvalue weighted by molar-refractivity contribution is 6.01. The molecule has 1 fully saturated rings. The molecule has 2 heterocycles. The maximum Gasteiger partial charge on any atom is 0.251 e. The highest BCUT2D eigenvalue weighted by Crippen LogP contribution is 2.31. The van der Waals surface area contributed by atoms with Gasteiger partial charge in [0.2, 0.25) is 0 Å². The van der Waals surface area contributed by atoms with Gasteiger partial charge in [-0.2, -0.15) is 0 Å². The van der Waals surface area contributed by atoms with Gasteiger partial charge in [-0.3, -0.25) is 9.69 Å². The minimum atomic E-state index is -0.380. The number of amides is 1. The number of nitrogens with two attached hydrogens (primary N) is 1. The molecular weight excluding hydrogens is 374 g/mol. The lowest BCUT2D eigenvalue weighted by molar-refractivity contribution is -0.118. The number of fused-ring (bicyclic) bond motifs is 1. The van der Waals surface area contributed by atoms with Crippen molar-refractivity contribution in [3.05, 3.63) is 34.9 Å². The number of benzene rings is 1. The van der Waals surface area contributed by atoms with Crippen LogP contribution < -0.4 is 21.7 Å². The molecule has 166 valence electrons. The number of anilines is 1. The van der Waals surface area contributed by atoms with Gasteiger partial charge in [-0.15, -0.1) is 0 Å². The van der Waals surface area contributed by atoms with E-state index in [1.54, 1.807) is 6.92 Å². The molecule has 30 heavy (non-hydrogen) atoms. The van der Waals surface area contributed by atoms with E-state index in [1.807, 2.05) is 6.08 Å². The quantitative estimate of drug-likeness (QED) is 0.517. The second-order valence-electron chi connectivity index (χ2n) is 9.19.